The molecule has 0 unspecified atom stereocenters. The van der Waals surface area contributed by atoms with Gasteiger partial charge in [-0.2, -0.15) is 0 Å². The van der Waals surface area contributed by atoms with Gasteiger partial charge < -0.3 is 10.5 Å². The second kappa shape index (κ2) is 2.74. The lowest BCUT2D eigenvalue weighted by Gasteiger charge is -1.95. The molecule has 2 heterocycles. The van der Waals surface area contributed by atoms with E-state index < -0.39 is 5.91 Å². The molecule has 1 amide bonds. The number of ether oxygens (including phenoxy) is 1. The first-order valence-corrected chi connectivity index (χ1v) is 5.05. The van der Waals surface area contributed by atoms with E-state index in [2.05, 4.69) is 15.9 Å². The third-order valence-corrected chi connectivity index (χ3v) is 3.71. The zero-order valence-corrected chi connectivity index (χ0v) is 8.50. The molecule has 0 aromatic carbocycles. The molecule has 0 atom stereocenters. The van der Waals surface area contributed by atoms with Crippen molar-refractivity contribution in [3.63, 3.8) is 0 Å². The van der Waals surface area contributed by atoms with Crippen molar-refractivity contribution in [2.45, 2.75) is 6.42 Å². The van der Waals surface area contributed by atoms with Crippen molar-refractivity contribution in [2.24, 2.45) is 5.73 Å². The van der Waals surface area contributed by atoms with Gasteiger partial charge in [0.05, 0.1) is 10.4 Å². The van der Waals surface area contributed by atoms with E-state index in [1.807, 2.05) is 0 Å². The normalized spacial score (nSPS) is 14.1. The van der Waals surface area contributed by atoms with Crippen LogP contribution >= 0.6 is 27.3 Å². The van der Waals surface area contributed by atoms with Crippen LogP contribution in [-0.2, 0) is 6.42 Å². The summed E-state index contributed by atoms with van der Waals surface area (Å²) in [7, 11) is 0. The highest BCUT2D eigenvalue weighted by Gasteiger charge is 2.25. The molecule has 0 radical (unpaired) electrons. The highest BCUT2D eigenvalue weighted by Crippen LogP contribution is 2.42. The predicted octanol–water partition coefficient (Wildman–Crippen LogP) is 1.54. The third kappa shape index (κ3) is 1.04. The van der Waals surface area contributed by atoms with Crippen molar-refractivity contribution in [2.75, 3.05) is 6.61 Å². The molecule has 0 fully saturated rings. The van der Waals surface area contributed by atoms with Crippen LogP contribution < -0.4 is 10.5 Å². The van der Waals surface area contributed by atoms with E-state index in [0.717, 1.165) is 15.8 Å². The fourth-order valence-corrected chi connectivity index (χ4v) is 2.94. The molecular formula is C7H6BrNO2S. The van der Waals surface area contributed by atoms with Crippen LogP contribution in [0.25, 0.3) is 0 Å². The summed E-state index contributed by atoms with van der Waals surface area (Å²) in [4.78, 5) is 11.4. The third-order valence-electron chi connectivity index (χ3n) is 1.73. The first-order chi connectivity index (χ1) is 5.70. The molecule has 1 aromatic heterocycles. The SMILES string of the molecule is NC(=O)c1sc(Br)c2c1OCC2. The van der Waals surface area contributed by atoms with Crippen LogP contribution in [0.5, 0.6) is 5.75 Å². The molecule has 1 aromatic rings. The monoisotopic (exact) mass is 247 g/mol. The van der Waals surface area contributed by atoms with Crippen LogP contribution in [0.1, 0.15) is 15.2 Å². The van der Waals surface area contributed by atoms with Crippen LogP contribution in [-0.4, -0.2) is 12.5 Å². The standard InChI is InChI=1S/C7H6BrNO2S/c8-6-3-1-2-11-4(3)5(12-6)7(9)10/h1-2H2,(H2,9,10). The zero-order chi connectivity index (χ0) is 8.72. The van der Waals surface area contributed by atoms with E-state index in [1.165, 1.54) is 11.3 Å². The highest BCUT2D eigenvalue weighted by atomic mass is 79.9. The summed E-state index contributed by atoms with van der Waals surface area (Å²) in [6.45, 7) is 0.650. The van der Waals surface area contributed by atoms with Gasteiger partial charge in [-0.05, 0) is 15.9 Å². The summed E-state index contributed by atoms with van der Waals surface area (Å²) < 4.78 is 6.25. The van der Waals surface area contributed by atoms with Gasteiger partial charge in [0, 0.05) is 12.0 Å². The van der Waals surface area contributed by atoms with Crippen molar-refractivity contribution in [1.29, 1.82) is 0 Å². The Morgan fingerprint density at radius 2 is 2.42 bits per heavy atom. The quantitative estimate of drug-likeness (QED) is 0.819. The number of hydrogen-bond acceptors (Lipinski definition) is 3. The number of fused-ring (bicyclic) bond motifs is 1. The van der Waals surface area contributed by atoms with Crippen molar-refractivity contribution in [3.05, 3.63) is 14.2 Å². The van der Waals surface area contributed by atoms with Crippen molar-refractivity contribution >= 4 is 33.2 Å². The van der Waals surface area contributed by atoms with Gasteiger partial charge in [0.2, 0.25) is 0 Å². The summed E-state index contributed by atoms with van der Waals surface area (Å²) in [5.41, 5.74) is 6.25. The lowest BCUT2D eigenvalue weighted by atomic mass is 10.2. The van der Waals surface area contributed by atoms with Crippen LogP contribution in [0.15, 0.2) is 3.79 Å². The van der Waals surface area contributed by atoms with E-state index >= 15 is 0 Å². The van der Waals surface area contributed by atoms with Gasteiger partial charge >= 0.3 is 0 Å². The molecule has 2 N–H and O–H groups in total. The molecule has 64 valence electrons. The average molecular weight is 248 g/mol. The number of rotatable bonds is 1. The first kappa shape index (κ1) is 8.07. The maximum Gasteiger partial charge on any atom is 0.262 e. The Morgan fingerprint density at radius 3 is 3.08 bits per heavy atom. The summed E-state index contributed by atoms with van der Waals surface area (Å²) in [6.07, 6.45) is 0.861. The van der Waals surface area contributed by atoms with Crippen molar-refractivity contribution in [3.8, 4) is 5.75 Å². The molecule has 1 aliphatic rings. The second-order valence-electron chi connectivity index (χ2n) is 2.48. The van der Waals surface area contributed by atoms with Crippen molar-refractivity contribution in [1.82, 2.24) is 0 Å². The number of nitrogens with two attached hydrogens (primary N) is 1. The molecule has 0 spiro atoms. The molecule has 1 aliphatic heterocycles. The molecule has 0 saturated heterocycles. The molecular weight excluding hydrogens is 242 g/mol. The number of halogens is 1. The van der Waals surface area contributed by atoms with Gasteiger partial charge in [0.25, 0.3) is 5.91 Å². The molecule has 2 rings (SSSR count). The molecule has 0 saturated carbocycles. The fourth-order valence-electron chi connectivity index (χ4n) is 1.21. The summed E-state index contributed by atoms with van der Waals surface area (Å²) >= 11 is 4.71. The maximum absolute atomic E-state index is 10.9. The Hall–Kier alpha value is -0.550. The first-order valence-electron chi connectivity index (χ1n) is 3.44. The van der Waals surface area contributed by atoms with Crippen molar-refractivity contribution < 1.29 is 9.53 Å². The van der Waals surface area contributed by atoms with Gasteiger partial charge in [-0.25, -0.2) is 0 Å². The maximum atomic E-state index is 10.9. The summed E-state index contributed by atoms with van der Waals surface area (Å²) in [5, 5.41) is 0. The number of primary amides is 1. The van der Waals surface area contributed by atoms with E-state index in [-0.39, 0.29) is 0 Å². The van der Waals surface area contributed by atoms with Gasteiger partial charge in [-0.15, -0.1) is 11.3 Å². The topological polar surface area (TPSA) is 52.3 Å². The Labute approximate surface area is 81.6 Å². The zero-order valence-electron chi connectivity index (χ0n) is 6.09. The van der Waals surface area contributed by atoms with Crippen LogP contribution in [0.2, 0.25) is 0 Å². The minimum atomic E-state index is -0.413. The number of amides is 1. The summed E-state index contributed by atoms with van der Waals surface area (Å²) in [5.74, 6) is 0.267. The second-order valence-corrected chi connectivity index (χ2v) is 4.81. The van der Waals surface area contributed by atoms with Gasteiger partial charge in [-0.1, -0.05) is 0 Å². The number of carbonyl (C=O) groups excluding carboxylic acids is 1. The Balaban J connectivity index is 2.58. The Kier molecular flexibility index (Phi) is 1.84. The van der Waals surface area contributed by atoms with Crippen LogP contribution in [0.4, 0.5) is 0 Å². The number of hydrogen-bond donors (Lipinski definition) is 1. The van der Waals surface area contributed by atoms with E-state index in [9.17, 15) is 4.79 Å². The van der Waals surface area contributed by atoms with Gasteiger partial charge in [0.15, 0.2) is 0 Å². The minimum absolute atomic E-state index is 0.413. The largest absolute Gasteiger partial charge is 0.491 e. The highest BCUT2D eigenvalue weighted by molar-refractivity contribution is 9.11. The molecule has 0 bridgehead atoms. The van der Waals surface area contributed by atoms with E-state index in [4.69, 9.17) is 10.5 Å². The average Bonchev–Trinajstić information content (AvgIpc) is 2.53. The smallest absolute Gasteiger partial charge is 0.262 e. The van der Waals surface area contributed by atoms with Crippen LogP contribution in [0, 0.1) is 0 Å². The number of thiophene rings is 1. The Morgan fingerprint density at radius 1 is 1.67 bits per heavy atom. The lowest BCUT2D eigenvalue weighted by Crippen LogP contribution is -2.09. The molecule has 5 heteroatoms. The number of carbonyl (C=O) groups is 1. The van der Waals surface area contributed by atoms with Gasteiger partial charge in [-0.3, -0.25) is 4.79 Å². The van der Waals surface area contributed by atoms with Crippen LogP contribution in [0.3, 0.4) is 0 Å². The minimum Gasteiger partial charge on any atom is -0.491 e. The van der Waals surface area contributed by atoms with E-state index in [0.29, 0.717) is 17.2 Å². The molecule has 3 nitrogen and oxygen atoms in total. The predicted molar refractivity (Wildman–Crippen MR) is 49.7 cm³/mol. The molecule has 0 aliphatic carbocycles. The Bertz CT molecular complexity index is 347. The molecule has 12 heavy (non-hydrogen) atoms. The fraction of sp³-hybridized carbons (Fsp3) is 0.286. The van der Waals surface area contributed by atoms with E-state index in [1.54, 1.807) is 0 Å². The van der Waals surface area contributed by atoms with Gasteiger partial charge in [0.1, 0.15) is 10.6 Å². The lowest BCUT2D eigenvalue weighted by molar-refractivity contribution is 0.100. The summed E-state index contributed by atoms with van der Waals surface area (Å²) in [6, 6.07) is 0.